The van der Waals surface area contributed by atoms with Gasteiger partial charge in [0, 0.05) is 5.02 Å². The Morgan fingerprint density at radius 3 is 2.44 bits per heavy atom. The molecule has 0 aliphatic rings. The van der Waals surface area contributed by atoms with Gasteiger partial charge in [-0.15, -0.1) is 0 Å². The van der Waals surface area contributed by atoms with Gasteiger partial charge in [0.05, 0.1) is 12.0 Å². The van der Waals surface area contributed by atoms with Crippen LogP contribution in [-0.4, -0.2) is 0 Å². The molecule has 1 aromatic rings. The third-order valence-electron chi connectivity index (χ3n) is 2.77. The van der Waals surface area contributed by atoms with Gasteiger partial charge >= 0.3 is 0 Å². The number of hydrogen-bond acceptors (Lipinski definition) is 1. The Labute approximate surface area is 103 Å². The molecule has 16 heavy (non-hydrogen) atoms. The molecule has 0 spiro atoms. The van der Waals surface area contributed by atoms with Crippen LogP contribution in [0.5, 0.6) is 0 Å². The summed E-state index contributed by atoms with van der Waals surface area (Å²) in [6.07, 6.45) is 5.81. The molecule has 0 bridgehead atoms. The summed E-state index contributed by atoms with van der Waals surface area (Å²) >= 11 is 5.82. The first-order valence-corrected chi connectivity index (χ1v) is 6.30. The number of nitrogens with zero attached hydrogens (tertiary/aromatic N) is 1. The molecule has 2 heteroatoms. The molecule has 0 saturated carbocycles. The quantitative estimate of drug-likeness (QED) is 0.643. The second-order valence-corrected chi connectivity index (χ2v) is 4.52. The van der Waals surface area contributed by atoms with E-state index in [1.807, 2.05) is 24.3 Å². The van der Waals surface area contributed by atoms with Crippen molar-refractivity contribution in [1.29, 1.82) is 5.26 Å². The van der Waals surface area contributed by atoms with E-state index in [4.69, 9.17) is 16.9 Å². The van der Waals surface area contributed by atoms with E-state index in [-0.39, 0.29) is 5.92 Å². The third-order valence-corrected chi connectivity index (χ3v) is 3.03. The van der Waals surface area contributed by atoms with E-state index in [9.17, 15) is 0 Å². The van der Waals surface area contributed by atoms with Crippen LogP contribution in [0.25, 0.3) is 0 Å². The summed E-state index contributed by atoms with van der Waals surface area (Å²) in [6, 6.07) is 9.99. The summed E-state index contributed by atoms with van der Waals surface area (Å²) in [5, 5.41) is 9.85. The molecule has 1 rings (SSSR count). The van der Waals surface area contributed by atoms with Crippen LogP contribution in [0.3, 0.4) is 0 Å². The van der Waals surface area contributed by atoms with Crippen molar-refractivity contribution in [3.8, 4) is 6.07 Å². The molecule has 86 valence electrons. The topological polar surface area (TPSA) is 23.8 Å². The van der Waals surface area contributed by atoms with E-state index in [2.05, 4.69) is 13.0 Å². The fraction of sp³-hybridized carbons (Fsp3) is 0.500. The van der Waals surface area contributed by atoms with Crippen LogP contribution in [0.15, 0.2) is 24.3 Å². The molecule has 0 amide bonds. The van der Waals surface area contributed by atoms with Crippen LogP contribution in [0, 0.1) is 11.3 Å². The average molecular weight is 236 g/mol. The number of rotatable bonds is 6. The zero-order valence-electron chi connectivity index (χ0n) is 9.75. The molecule has 0 radical (unpaired) electrons. The SMILES string of the molecule is CCCCCC[C@@H](C#N)c1ccc(Cl)cc1. The van der Waals surface area contributed by atoms with Crippen LogP contribution < -0.4 is 0 Å². The number of benzene rings is 1. The molecule has 0 aromatic heterocycles. The maximum absolute atomic E-state index is 9.12. The molecule has 0 heterocycles. The van der Waals surface area contributed by atoms with Gasteiger partial charge in [-0.1, -0.05) is 56.3 Å². The summed E-state index contributed by atoms with van der Waals surface area (Å²) in [7, 11) is 0. The van der Waals surface area contributed by atoms with E-state index >= 15 is 0 Å². The lowest BCUT2D eigenvalue weighted by Crippen LogP contribution is -1.95. The Bertz CT molecular complexity index is 337. The minimum Gasteiger partial charge on any atom is -0.198 e. The number of halogens is 1. The molecule has 0 N–H and O–H groups in total. The molecule has 0 aliphatic carbocycles. The zero-order chi connectivity index (χ0) is 11.8. The van der Waals surface area contributed by atoms with Gasteiger partial charge in [0.2, 0.25) is 0 Å². The predicted molar refractivity (Wildman–Crippen MR) is 68.6 cm³/mol. The van der Waals surface area contributed by atoms with Gasteiger partial charge in [0.1, 0.15) is 0 Å². The van der Waals surface area contributed by atoms with Crippen molar-refractivity contribution >= 4 is 11.6 Å². The first kappa shape index (κ1) is 13.1. The van der Waals surface area contributed by atoms with Crippen molar-refractivity contribution < 1.29 is 0 Å². The highest BCUT2D eigenvalue weighted by atomic mass is 35.5. The number of unbranched alkanes of at least 4 members (excludes halogenated alkanes) is 3. The lowest BCUT2D eigenvalue weighted by atomic mass is 9.94. The summed E-state index contributed by atoms with van der Waals surface area (Å²) in [5.74, 6) is 0.0223. The summed E-state index contributed by atoms with van der Waals surface area (Å²) in [6.45, 7) is 2.20. The fourth-order valence-electron chi connectivity index (χ4n) is 1.78. The molecule has 0 aliphatic heterocycles. The first-order valence-electron chi connectivity index (χ1n) is 5.93. The second kappa shape index (κ2) is 7.30. The Kier molecular flexibility index (Phi) is 5.96. The van der Waals surface area contributed by atoms with Gasteiger partial charge < -0.3 is 0 Å². The second-order valence-electron chi connectivity index (χ2n) is 4.08. The molecule has 0 fully saturated rings. The third kappa shape index (κ3) is 4.24. The molecule has 1 aromatic carbocycles. The lowest BCUT2D eigenvalue weighted by molar-refractivity contribution is 0.608. The Balaban J connectivity index is 2.48. The van der Waals surface area contributed by atoms with E-state index in [0.29, 0.717) is 0 Å². The monoisotopic (exact) mass is 235 g/mol. The maximum atomic E-state index is 9.12. The number of nitriles is 1. The van der Waals surface area contributed by atoms with E-state index in [1.54, 1.807) is 0 Å². The van der Waals surface area contributed by atoms with Crippen LogP contribution in [0.1, 0.15) is 50.5 Å². The summed E-state index contributed by atoms with van der Waals surface area (Å²) in [4.78, 5) is 0. The predicted octanol–water partition coefficient (Wildman–Crippen LogP) is 4.92. The average Bonchev–Trinajstić information content (AvgIpc) is 2.31. The van der Waals surface area contributed by atoms with Crippen molar-refractivity contribution in [2.24, 2.45) is 0 Å². The van der Waals surface area contributed by atoms with Crippen molar-refractivity contribution in [2.45, 2.75) is 44.9 Å². The van der Waals surface area contributed by atoms with Gasteiger partial charge in [-0.05, 0) is 24.1 Å². The minimum absolute atomic E-state index is 0.0223. The van der Waals surface area contributed by atoms with Crippen molar-refractivity contribution in [1.82, 2.24) is 0 Å². The van der Waals surface area contributed by atoms with Gasteiger partial charge in [-0.3, -0.25) is 0 Å². The van der Waals surface area contributed by atoms with Gasteiger partial charge in [0.15, 0.2) is 0 Å². The van der Waals surface area contributed by atoms with Gasteiger partial charge in [0.25, 0.3) is 0 Å². The number of hydrogen-bond donors (Lipinski definition) is 0. The van der Waals surface area contributed by atoms with Crippen molar-refractivity contribution in [2.75, 3.05) is 0 Å². The molecule has 1 nitrogen and oxygen atoms in total. The van der Waals surface area contributed by atoms with Crippen molar-refractivity contribution in [3.63, 3.8) is 0 Å². The van der Waals surface area contributed by atoms with Crippen LogP contribution in [0.2, 0.25) is 5.02 Å². The van der Waals surface area contributed by atoms with Gasteiger partial charge in [-0.25, -0.2) is 0 Å². The Morgan fingerprint density at radius 2 is 1.88 bits per heavy atom. The fourth-order valence-corrected chi connectivity index (χ4v) is 1.90. The minimum atomic E-state index is 0.0223. The highest BCUT2D eigenvalue weighted by molar-refractivity contribution is 6.30. The highest BCUT2D eigenvalue weighted by Crippen LogP contribution is 2.23. The molecular weight excluding hydrogens is 218 g/mol. The highest BCUT2D eigenvalue weighted by Gasteiger charge is 2.09. The van der Waals surface area contributed by atoms with Crippen molar-refractivity contribution in [3.05, 3.63) is 34.9 Å². The molecule has 1 atom stereocenters. The largest absolute Gasteiger partial charge is 0.198 e. The van der Waals surface area contributed by atoms with E-state index < -0.39 is 0 Å². The normalized spacial score (nSPS) is 12.1. The molecule has 0 unspecified atom stereocenters. The standard InChI is InChI=1S/C14H18ClN/c1-2-3-4-5-6-13(11-16)12-7-9-14(15)10-8-12/h7-10,13H,2-6H2,1H3/t13-/m0/s1. The molecule has 0 saturated heterocycles. The first-order chi connectivity index (χ1) is 7.77. The van der Waals surface area contributed by atoms with Crippen LogP contribution in [-0.2, 0) is 0 Å². The summed E-state index contributed by atoms with van der Waals surface area (Å²) < 4.78 is 0. The Hall–Kier alpha value is -1.00. The maximum Gasteiger partial charge on any atom is 0.0712 e. The van der Waals surface area contributed by atoms with E-state index in [1.165, 1.54) is 19.3 Å². The lowest BCUT2D eigenvalue weighted by Gasteiger charge is -2.09. The Morgan fingerprint density at radius 1 is 1.19 bits per heavy atom. The van der Waals surface area contributed by atoms with Crippen LogP contribution >= 0.6 is 11.6 Å². The molecular formula is C14H18ClN. The smallest absolute Gasteiger partial charge is 0.0712 e. The van der Waals surface area contributed by atoms with Gasteiger partial charge in [-0.2, -0.15) is 5.26 Å². The summed E-state index contributed by atoms with van der Waals surface area (Å²) in [5.41, 5.74) is 1.09. The van der Waals surface area contributed by atoms with Crippen LogP contribution in [0.4, 0.5) is 0 Å². The van der Waals surface area contributed by atoms with E-state index in [0.717, 1.165) is 23.4 Å². The zero-order valence-corrected chi connectivity index (χ0v) is 10.5.